The van der Waals surface area contributed by atoms with Crippen molar-refractivity contribution in [2.45, 2.75) is 6.42 Å². The Morgan fingerprint density at radius 3 is 2.88 bits per heavy atom. The van der Waals surface area contributed by atoms with E-state index in [0.29, 0.717) is 31.2 Å². The Labute approximate surface area is 152 Å². The van der Waals surface area contributed by atoms with Gasteiger partial charge in [-0.15, -0.1) is 0 Å². The van der Waals surface area contributed by atoms with Crippen molar-refractivity contribution in [3.05, 3.63) is 48.5 Å². The molecule has 0 bridgehead atoms. The Morgan fingerprint density at radius 1 is 1.27 bits per heavy atom. The molecule has 1 aliphatic heterocycles. The van der Waals surface area contributed by atoms with Crippen molar-refractivity contribution in [1.82, 2.24) is 0 Å². The third-order valence-electron chi connectivity index (χ3n) is 4.00. The summed E-state index contributed by atoms with van der Waals surface area (Å²) in [5, 5.41) is 3.03. The average Bonchev–Trinajstić information content (AvgIpc) is 2.67. The van der Waals surface area contributed by atoms with Gasteiger partial charge in [-0.05, 0) is 30.7 Å². The van der Waals surface area contributed by atoms with Crippen LogP contribution in [-0.2, 0) is 4.79 Å². The first-order valence-electron chi connectivity index (χ1n) is 8.41. The number of carbonyl (C=O) groups is 1. The number of benzene rings is 2. The minimum absolute atomic E-state index is 0.0483. The van der Waals surface area contributed by atoms with E-state index in [4.69, 9.17) is 15.2 Å². The molecule has 1 aliphatic rings. The maximum absolute atomic E-state index is 12.1. The molecule has 7 heteroatoms. The smallest absolute Gasteiger partial charge is 0.265 e. The molecule has 7 nitrogen and oxygen atoms in total. The molecule has 3 N–H and O–H groups in total. The summed E-state index contributed by atoms with van der Waals surface area (Å²) in [5.74, 6) is 1.69. The number of aliphatic imine (C=N–C) groups is 1. The maximum atomic E-state index is 12.1. The zero-order valence-corrected chi connectivity index (χ0v) is 14.6. The second-order valence-electron chi connectivity index (χ2n) is 5.75. The van der Waals surface area contributed by atoms with E-state index < -0.39 is 0 Å². The topological polar surface area (TPSA) is 89.2 Å². The third kappa shape index (κ3) is 4.05. The van der Waals surface area contributed by atoms with Gasteiger partial charge in [0.15, 0.2) is 12.6 Å². The Kier molecular flexibility index (Phi) is 5.58. The zero-order chi connectivity index (χ0) is 18.4. The molecule has 0 atom stereocenters. The van der Waals surface area contributed by atoms with E-state index in [9.17, 15) is 4.79 Å². The predicted octanol–water partition coefficient (Wildman–Crippen LogP) is 2.24. The molecule has 136 valence electrons. The lowest BCUT2D eigenvalue weighted by Crippen LogP contribution is -2.39. The minimum Gasteiger partial charge on any atom is -0.495 e. The molecule has 0 spiro atoms. The van der Waals surface area contributed by atoms with Gasteiger partial charge in [-0.2, -0.15) is 0 Å². The Hall–Kier alpha value is -3.22. The summed E-state index contributed by atoms with van der Waals surface area (Å²) in [4.78, 5) is 18.2. The highest BCUT2D eigenvalue weighted by atomic mass is 16.5. The average molecular weight is 354 g/mol. The molecule has 0 aliphatic carbocycles. The van der Waals surface area contributed by atoms with E-state index in [2.05, 4.69) is 10.3 Å². The second kappa shape index (κ2) is 8.24. The van der Waals surface area contributed by atoms with Crippen molar-refractivity contribution in [2.24, 2.45) is 10.7 Å². The van der Waals surface area contributed by atoms with Gasteiger partial charge >= 0.3 is 0 Å². The number of carbonyl (C=O) groups excluding carboxylic acids is 1. The van der Waals surface area contributed by atoms with Crippen LogP contribution in [-0.4, -0.2) is 38.7 Å². The van der Waals surface area contributed by atoms with Gasteiger partial charge in [0.25, 0.3) is 5.91 Å². The molecular formula is C19H22N4O3. The van der Waals surface area contributed by atoms with Crippen molar-refractivity contribution >= 4 is 23.2 Å². The van der Waals surface area contributed by atoms with Crippen LogP contribution in [0.15, 0.2) is 53.5 Å². The number of guanidine groups is 1. The molecule has 3 rings (SSSR count). The first-order valence-corrected chi connectivity index (χ1v) is 8.41. The molecule has 0 radical (unpaired) electrons. The normalized spacial score (nSPS) is 13.8. The summed E-state index contributed by atoms with van der Waals surface area (Å²) < 4.78 is 10.7. The van der Waals surface area contributed by atoms with Crippen LogP contribution < -0.4 is 25.4 Å². The van der Waals surface area contributed by atoms with Gasteiger partial charge in [0.2, 0.25) is 0 Å². The van der Waals surface area contributed by atoms with Crippen molar-refractivity contribution in [3.63, 3.8) is 0 Å². The lowest BCUT2D eigenvalue weighted by molar-refractivity contribution is -0.121. The number of anilines is 2. The molecule has 26 heavy (non-hydrogen) atoms. The SMILES string of the molecule is COc1ccccc1NC(N)=NCCCN1C(=O)COc2ccccc21. The Balaban J connectivity index is 1.55. The van der Waals surface area contributed by atoms with Crippen LogP contribution >= 0.6 is 0 Å². The highest BCUT2D eigenvalue weighted by Gasteiger charge is 2.24. The van der Waals surface area contributed by atoms with Crippen LogP contribution in [0.4, 0.5) is 11.4 Å². The van der Waals surface area contributed by atoms with Crippen molar-refractivity contribution in [3.8, 4) is 11.5 Å². The highest BCUT2D eigenvalue weighted by Crippen LogP contribution is 2.31. The summed E-state index contributed by atoms with van der Waals surface area (Å²) in [6.07, 6.45) is 0.689. The van der Waals surface area contributed by atoms with E-state index in [0.717, 1.165) is 17.1 Å². The first kappa shape index (κ1) is 17.6. The third-order valence-corrected chi connectivity index (χ3v) is 4.00. The van der Waals surface area contributed by atoms with Crippen LogP contribution in [0.25, 0.3) is 0 Å². The minimum atomic E-state index is -0.0483. The molecule has 0 aromatic heterocycles. The van der Waals surface area contributed by atoms with Gasteiger partial charge in [0.1, 0.15) is 11.5 Å². The van der Waals surface area contributed by atoms with Crippen LogP contribution in [0, 0.1) is 0 Å². The van der Waals surface area contributed by atoms with Gasteiger partial charge in [0, 0.05) is 13.1 Å². The van der Waals surface area contributed by atoms with Gasteiger partial charge in [-0.25, -0.2) is 0 Å². The van der Waals surface area contributed by atoms with E-state index in [-0.39, 0.29) is 12.5 Å². The molecule has 2 aromatic carbocycles. The number of hydrogen-bond acceptors (Lipinski definition) is 4. The standard InChI is InChI=1S/C19H22N4O3/c1-25-16-9-4-2-7-14(16)22-19(20)21-11-6-12-23-15-8-3-5-10-17(15)26-13-18(23)24/h2-5,7-10H,6,11-13H2,1H3,(H3,20,21,22). The summed E-state index contributed by atoms with van der Waals surface area (Å²) >= 11 is 0. The number of rotatable bonds is 6. The molecule has 0 saturated heterocycles. The van der Waals surface area contributed by atoms with E-state index in [1.807, 2.05) is 48.5 Å². The lowest BCUT2D eigenvalue weighted by Gasteiger charge is -2.29. The summed E-state index contributed by atoms with van der Waals surface area (Å²) in [5.41, 5.74) is 7.49. The number of nitrogens with two attached hydrogens (primary N) is 1. The van der Waals surface area contributed by atoms with Crippen molar-refractivity contribution in [2.75, 3.05) is 37.0 Å². The first-order chi connectivity index (χ1) is 12.7. The fourth-order valence-corrected chi connectivity index (χ4v) is 2.75. The molecule has 2 aromatic rings. The summed E-state index contributed by atoms with van der Waals surface area (Å²) in [7, 11) is 1.60. The molecule has 0 unspecified atom stereocenters. The monoisotopic (exact) mass is 354 g/mol. The number of amides is 1. The number of fused-ring (bicyclic) bond motifs is 1. The van der Waals surface area contributed by atoms with Crippen LogP contribution in [0.5, 0.6) is 11.5 Å². The number of methoxy groups -OCH3 is 1. The molecule has 0 fully saturated rings. The summed E-state index contributed by atoms with van der Waals surface area (Å²) in [6.45, 7) is 1.13. The van der Waals surface area contributed by atoms with Gasteiger partial charge in [0.05, 0.1) is 18.5 Å². The fourth-order valence-electron chi connectivity index (χ4n) is 2.75. The molecular weight excluding hydrogens is 332 g/mol. The van der Waals surface area contributed by atoms with E-state index >= 15 is 0 Å². The number of para-hydroxylation sites is 4. The summed E-state index contributed by atoms with van der Waals surface area (Å²) in [6, 6.07) is 15.0. The number of nitrogens with one attached hydrogen (secondary N) is 1. The van der Waals surface area contributed by atoms with Crippen molar-refractivity contribution in [1.29, 1.82) is 0 Å². The zero-order valence-electron chi connectivity index (χ0n) is 14.6. The van der Waals surface area contributed by atoms with Gasteiger partial charge in [-0.1, -0.05) is 24.3 Å². The largest absolute Gasteiger partial charge is 0.495 e. The molecule has 0 saturated carbocycles. The van der Waals surface area contributed by atoms with E-state index in [1.54, 1.807) is 12.0 Å². The van der Waals surface area contributed by atoms with Crippen molar-refractivity contribution < 1.29 is 14.3 Å². The lowest BCUT2D eigenvalue weighted by atomic mass is 10.2. The van der Waals surface area contributed by atoms with Crippen LogP contribution in [0.1, 0.15) is 6.42 Å². The van der Waals surface area contributed by atoms with Crippen LogP contribution in [0.2, 0.25) is 0 Å². The van der Waals surface area contributed by atoms with Gasteiger partial charge in [-0.3, -0.25) is 9.79 Å². The molecule has 1 heterocycles. The predicted molar refractivity (Wildman–Crippen MR) is 102 cm³/mol. The maximum Gasteiger partial charge on any atom is 0.265 e. The number of ether oxygens (including phenoxy) is 2. The number of nitrogens with zero attached hydrogens (tertiary/aromatic N) is 2. The Bertz CT molecular complexity index is 807. The quantitative estimate of drug-likeness (QED) is 0.472. The Morgan fingerprint density at radius 2 is 2.04 bits per heavy atom. The fraction of sp³-hybridized carbons (Fsp3) is 0.263. The van der Waals surface area contributed by atoms with Gasteiger partial charge < -0.3 is 25.4 Å². The van der Waals surface area contributed by atoms with Crippen LogP contribution in [0.3, 0.4) is 0 Å². The second-order valence-corrected chi connectivity index (χ2v) is 5.75. The molecule has 1 amide bonds. The number of hydrogen-bond donors (Lipinski definition) is 2. The highest BCUT2D eigenvalue weighted by molar-refractivity contribution is 5.97. The van der Waals surface area contributed by atoms with E-state index in [1.165, 1.54) is 0 Å².